The topological polar surface area (TPSA) is 84.3 Å². The number of amides is 2. The number of rotatable bonds is 10. The van der Waals surface area contributed by atoms with Gasteiger partial charge in [-0.2, -0.15) is 0 Å². The summed E-state index contributed by atoms with van der Waals surface area (Å²) in [5.41, 5.74) is 1.22. The van der Waals surface area contributed by atoms with Gasteiger partial charge in [-0.15, -0.1) is 11.3 Å². The molecule has 1 N–H and O–H groups in total. The van der Waals surface area contributed by atoms with Crippen LogP contribution in [0.2, 0.25) is 0 Å². The molecule has 0 aliphatic heterocycles. The third-order valence-electron chi connectivity index (χ3n) is 5.81. The lowest BCUT2D eigenvalue weighted by atomic mass is 9.97. The Kier molecular flexibility index (Phi) is 8.98. The maximum Gasteiger partial charge on any atom is 0.263 e. The molecule has 0 radical (unpaired) electrons. The lowest BCUT2D eigenvalue weighted by Crippen LogP contribution is -2.43. The minimum Gasteiger partial charge on any atom is -0.352 e. The highest BCUT2D eigenvalue weighted by Gasteiger charge is 2.23. The molecule has 7 nitrogen and oxygen atoms in total. The van der Waals surface area contributed by atoms with Gasteiger partial charge in [0, 0.05) is 24.0 Å². The summed E-state index contributed by atoms with van der Waals surface area (Å²) < 4.78 is 1.77. The van der Waals surface area contributed by atoms with E-state index in [1.807, 2.05) is 20.8 Å². The van der Waals surface area contributed by atoms with Gasteiger partial charge in [0.2, 0.25) is 11.8 Å². The summed E-state index contributed by atoms with van der Waals surface area (Å²) in [6.45, 7) is 11.0. The van der Waals surface area contributed by atoms with Crippen LogP contribution >= 0.6 is 23.1 Å². The number of thiophene rings is 1. The first-order chi connectivity index (χ1) is 15.7. The zero-order chi connectivity index (χ0) is 24.1. The molecule has 3 rings (SSSR count). The van der Waals surface area contributed by atoms with Gasteiger partial charge in [-0.05, 0) is 64.4 Å². The fourth-order valence-electron chi connectivity index (χ4n) is 4.05. The molecule has 0 aromatic carbocycles. The number of nitrogens with one attached hydrogen (secondary N) is 1. The van der Waals surface area contributed by atoms with Gasteiger partial charge in [0.1, 0.15) is 4.83 Å². The van der Waals surface area contributed by atoms with E-state index in [9.17, 15) is 14.4 Å². The van der Waals surface area contributed by atoms with Gasteiger partial charge >= 0.3 is 0 Å². The zero-order valence-corrected chi connectivity index (χ0v) is 22.0. The molecule has 1 aliphatic rings. The second-order valence-electron chi connectivity index (χ2n) is 9.34. The van der Waals surface area contributed by atoms with Crippen molar-refractivity contribution in [2.45, 2.75) is 84.5 Å². The molecule has 9 heteroatoms. The molecule has 0 atom stereocenters. The Hall–Kier alpha value is -1.87. The van der Waals surface area contributed by atoms with Gasteiger partial charge in [0.05, 0.1) is 17.7 Å². The summed E-state index contributed by atoms with van der Waals surface area (Å²) in [6.07, 6.45) is 5.12. The quantitative estimate of drug-likeness (QED) is 0.402. The molecular weight excluding hydrogens is 456 g/mol. The Morgan fingerprint density at radius 2 is 1.94 bits per heavy atom. The van der Waals surface area contributed by atoms with E-state index >= 15 is 0 Å². The Morgan fingerprint density at radius 3 is 2.61 bits per heavy atom. The summed E-state index contributed by atoms with van der Waals surface area (Å²) in [5.74, 6) is 0.311. The Labute approximate surface area is 204 Å². The van der Waals surface area contributed by atoms with Crippen molar-refractivity contribution in [1.82, 2.24) is 19.8 Å². The molecule has 0 bridgehead atoms. The van der Waals surface area contributed by atoms with E-state index < -0.39 is 0 Å². The predicted molar refractivity (Wildman–Crippen MR) is 136 cm³/mol. The van der Waals surface area contributed by atoms with Crippen molar-refractivity contribution < 1.29 is 9.59 Å². The molecule has 0 saturated carbocycles. The molecular formula is C24H36N4O3S2. The number of hydrogen-bond donors (Lipinski definition) is 1. The average Bonchev–Trinajstić information content (AvgIpc) is 3.13. The van der Waals surface area contributed by atoms with Crippen LogP contribution < -0.4 is 10.9 Å². The summed E-state index contributed by atoms with van der Waals surface area (Å²) in [5, 5.41) is 4.21. The molecule has 182 valence electrons. The normalized spacial score (nSPS) is 13.5. The Balaban J connectivity index is 1.85. The SMILES string of the molecule is CCN(CC(=O)NC(C)C)C(=O)CSc1nc2sc3c(c2c(=O)n1CCC(C)C)CCCC3. The van der Waals surface area contributed by atoms with Gasteiger partial charge in [0.15, 0.2) is 5.16 Å². The number of thioether (sulfide) groups is 1. The highest BCUT2D eigenvalue weighted by atomic mass is 32.2. The molecule has 2 aromatic heterocycles. The van der Waals surface area contributed by atoms with E-state index in [0.717, 1.165) is 42.3 Å². The number of carbonyl (C=O) groups is 2. The average molecular weight is 493 g/mol. The Bertz CT molecular complexity index is 1060. The summed E-state index contributed by atoms with van der Waals surface area (Å²) in [6, 6.07) is 0.0311. The number of nitrogens with zero attached hydrogens (tertiary/aromatic N) is 3. The van der Waals surface area contributed by atoms with Crippen LogP contribution in [0.25, 0.3) is 10.2 Å². The number of carbonyl (C=O) groups excluding carboxylic acids is 2. The van der Waals surface area contributed by atoms with Crippen LogP contribution in [0.3, 0.4) is 0 Å². The van der Waals surface area contributed by atoms with E-state index in [4.69, 9.17) is 4.98 Å². The second-order valence-corrected chi connectivity index (χ2v) is 11.4. The standard InChI is InChI=1S/C24H36N4O3S2/c1-6-27(13-19(29)25-16(4)5)20(30)14-32-24-26-22-21(17-9-7-8-10-18(17)33-22)23(31)28(24)12-11-15(2)3/h15-16H,6-14H2,1-5H3,(H,25,29). The van der Waals surface area contributed by atoms with E-state index in [-0.39, 0.29) is 35.7 Å². The maximum absolute atomic E-state index is 13.5. The fourth-order valence-corrected chi connectivity index (χ4v) is 6.28. The molecule has 1 aliphatic carbocycles. The molecule has 0 unspecified atom stereocenters. The van der Waals surface area contributed by atoms with Crippen molar-refractivity contribution in [2.75, 3.05) is 18.8 Å². The van der Waals surface area contributed by atoms with Gasteiger partial charge in [-0.1, -0.05) is 25.6 Å². The number of likely N-dealkylation sites (N-methyl/N-ethyl adjacent to an activating group) is 1. The van der Waals surface area contributed by atoms with Crippen molar-refractivity contribution in [1.29, 1.82) is 0 Å². The van der Waals surface area contributed by atoms with Gasteiger partial charge < -0.3 is 10.2 Å². The number of hydrogen-bond acceptors (Lipinski definition) is 6. The highest BCUT2D eigenvalue weighted by molar-refractivity contribution is 7.99. The molecule has 2 heterocycles. The van der Waals surface area contributed by atoms with E-state index in [1.54, 1.807) is 20.8 Å². The monoisotopic (exact) mass is 492 g/mol. The molecule has 0 spiro atoms. The van der Waals surface area contributed by atoms with Crippen LogP contribution in [0.15, 0.2) is 9.95 Å². The number of aryl methyl sites for hydroxylation is 2. The zero-order valence-electron chi connectivity index (χ0n) is 20.4. The molecule has 2 amide bonds. The highest BCUT2D eigenvalue weighted by Crippen LogP contribution is 2.34. The minimum atomic E-state index is -0.164. The largest absolute Gasteiger partial charge is 0.352 e. The predicted octanol–water partition coefficient (Wildman–Crippen LogP) is 3.85. The summed E-state index contributed by atoms with van der Waals surface area (Å²) in [7, 11) is 0. The maximum atomic E-state index is 13.5. The van der Waals surface area contributed by atoms with Crippen molar-refractivity contribution in [3.63, 3.8) is 0 Å². The summed E-state index contributed by atoms with van der Waals surface area (Å²) >= 11 is 2.94. The van der Waals surface area contributed by atoms with E-state index in [0.29, 0.717) is 24.2 Å². The van der Waals surface area contributed by atoms with E-state index in [1.165, 1.54) is 22.2 Å². The third kappa shape index (κ3) is 6.38. The van der Waals surface area contributed by atoms with E-state index in [2.05, 4.69) is 19.2 Å². The second kappa shape index (κ2) is 11.5. The van der Waals surface area contributed by atoms with Crippen LogP contribution in [-0.2, 0) is 29.0 Å². The first kappa shape index (κ1) is 25.7. The molecule has 0 saturated heterocycles. The number of aromatic nitrogens is 2. The summed E-state index contributed by atoms with van der Waals surface area (Å²) in [4.78, 5) is 47.0. The minimum absolute atomic E-state index is 0.0265. The van der Waals surface area contributed by atoms with Crippen LogP contribution in [0.4, 0.5) is 0 Å². The lowest BCUT2D eigenvalue weighted by Gasteiger charge is -2.21. The van der Waals surface area contributed by atoms with Crippen LogP contribution in [0.5, 0.6) is 0 Å². The number of fused-ring (bicyclic) bond motifs is 3. The van der Waals surface area contributed by atoms with Crippen molar-refractivity contribution >= 4 is 45.1 Å². The van der Waals surface area contributed by atoms with Crippen LogP contribution in [-0.4, -0.2) is 51.1 Å². The molecule has 2 aromatic rings. The fraction of sp³-hybridized carbons (Fsp3) is 0.667. The lowest BCUT2D eigenvalue weighted by molar-refractivity contribution is -0.134. The smallest absolute Gasteiger partial charge is 0.263 e. The first-order valence-corrected chi connectivity index (χ1v) is 13.8. The van der Waals surface area contributed by atoms with Gasteiger partial charge in [-0.3, -0.25) is 19.0 Å². The first-order valence-electron chi connectivity index (χ1n) is 12.0. The van der Waals surface area contributed by atoms with Gasteiger partial charge in [-0.25, -0.2) is 4.98 Å². The van der Waals surface area contributed by atoms with Crippen LogP contribution in [0, 0.1) is 5.92 Å². The van der Waals surface area contributed by atoms with Crippen LogP contribution in [0.1, 0.15) is 64.3 Å². The van der Waals surface area contributed by atoms with Gasteiger partial charge in [0.25, 0.3) is 5.56 Å². The Morgan fingerprint density at radius 1 is 1.21 bits per heavy atom. The molecule has 33 heavy (non-hydrogen) atoms. The van der Waals surface area contributed by atoms with Crippen molar-refractivity contribution in [2.24, 2.45) is 5.92 Å². The third-order valence-corrected chi connectivity index (χ3v) is 7.96. The van der Waals surface area contributed by atoms with Crippen molar-refractivity contribution in [3.8, 4) is 0 Å². The molecule has 0 fully saturated rings. The van der Waals surface area contributed by atoms with Crippen molar-refractivity contribution in [3.05, 3.63) is 20.8 Å².